The van der Waals surface area contributed by atoms with Crippen LogP contribution in [0.5, 0.6) is 23.0 Å². The van der Waals surface area contributed by atoms with Crippen molar-refractivity contribution in [3.05, 3.63) is 46.6 Å². The van der Waals surface area contributed by atoms with Crippen molar-refractivity contribution < 1.29 is 74.4 Å². The predicted octanol–water partition coefficient (Wildman–Crippen LogP) is -2.42. The van der Waals surface area contributed by atoms with Crippen molar-refractivity contribution in [1.29, 1.82) is 0 Å². The van der Waals surface area contributed by atoms with E-state index < -0.39 is 91.6 Å². The fourth-order valence-electron chi connectivity index (χ4n) is 4.83. The lowest BCUT2D eigenvalue weighted by Gasteiger charge is -2.42. The fraction of sp³-hybridized carbons (Fsp3) is 0.444. The molecule has 3 heterocycles. The van der Waals surface area contributed by atoms with Crippen LogP contribution in [-0.4, -0.2) is 126 Å². The Bertz CT molecular complexity index is 1490. The molecule has 2 aliphatic rings. The van der Waals surface area contributed by atoms with E-state index in [1.54, 1.807) is 0 Å². The van der Waals surface area contributed by atoms with E-state index in [0.717, 1.165) is 12.1 Å². The molecule has 0 saturated carbocycles. The van der Waals surface area contributed by atoms with Gasteiger partial charge >= 0.3 is 0 Å². The van der Waals surface area contributed by atoms with E-state index in [2.05, 4.69) is 0 Å². The van der Waals surface area contributed by atoms with Crippen LogP contribution >= 0.6 is 0 Å². The van der Waals surface area contributed by atoms with Gasteiger partial charge in [-0.2, -0.15) is 0 Å². The summed E-state index contributed by atoms with van der Waals surface area (Å²) in [6.07, 6.45) is -17.0. The summed E-state index contributed by atoms with van der Waals surface area (Å²) in [7, 11) is 0. The molecule has 5 rings (SSSR count). The molecule has 16 nitrogen and oxygen atoms in total. The lowest BCUT2D eigenvalue weighted by molar-refractivity contribution is -0.347. The Hall–Kier alpha value is -3.55. The first-order chi connectivity index (χ1) is 20.4. The normalized spacial score (nSPS) is 33.0. The topological polar surface area (TPSA) is 269 Å². The van der Waals surface area contributed by atoms with Gasteiger partial charge in [0, 0.05) is 17.7 Å². The number of aromatic hydroxyl groups is 3. The van der Waals surface area contributed by atoms with Crippen LogP contribution in [0.1, 0.15) is 0 Å². The Labute approximate surface area is 241 Å². The summed E-state index contributed by atoms with van der Waals surface area (Å²) in [5.74, 6) is -1.70. The highest BCUT2D eigenvalue weighted by Crippen LogP contribution is 2.36. The van der Waals surface area contributed by atoms with Gasteiger partial charge in [-0.3, -0.25) is 4.79 Å². The SMILES string of the molecule is O=c1c(OC[C@@H]2OC(CO[C@@H]3OC(O)[C@H](O)[C@H](O)C3O)[C@H](O)[C@H](O)C2O)c(-c2ccc(O)cc2)oc2cc(O)cc(O)c12. The van der Waals surface area contributed by atoms with Gasteiger partial charge in [0.15, 0.2) is 18.3 Å². The van der Waals surface area contributed by atoms with E-state index in [1.807, 2.05) is 0 Å². The maximum absolute atomic E-state index is 13.5. The molecule has 2 aromatic carbocycles. The largest absolute Gasteiger partial charge is 0.508 e. The maximum Gasteiger partial charge on any atom is 0.239 e. The third-order valence-corrected chi connectivity index (χ3v) is 7.22. The number of phenolic OH excluding ortho intramolecular Hbond substituents is 3. The second-order valence-electron chi connectivity index (χ2n) is 10.2. The Morgan fingerprint density at radius 1 is 0.698 bits per heavy atom. The van der Waals surface area contributed by atoms with Gasteiger partial charge in [0.2, 0.25) is 11.2 Å². The Kier molecular flexibility index (Phi) is 8.77. The molecule has 16 heteroatoms. The van der Waals surface area contributed by atoms with Crippen molar-refractivity contribution in [2.45, 2.75) is 61.4 Å². The molecule has 2 aliphatic heterocycles. The van der Waals surface area contributed by atoms with Crippen molar-refractivity contribution in [3.8, 4) is 34.3 Å². The number of fused-ring (bicyclic) bond motifs is 1. The predicted molar refractivity (Wildman–Crippen MR) is 140 cm³/mol. The van der Waals surface area contributed by atoms with Gasteiger partial charge in [0.1, 0.15) is 83.7 Å². The monoisotopic (exact) mass is 610 g/mol. The summed E-state index contributed by atoms with van der Waals surface area (Å²) in [5, 5.41) is 100. The Morgan fingerprint density at radius 2 is 1.33 bits per heavy atom. The van der Waals surface area contributed by atoms with Crippen LogP contribution in [0.25, 0.3) is 22.3 Å². The highest BCUT2D eigenvalue weighted by atomic mass is 16.7. The van der Waals surface area contributed by atoms with Gasteiger partial charge < -0.3 is 74.4 Å². The van der Waals surface area contributed by atoms with Gasteiger partial charge in [-0.25, -0.2) is 0 Å². The molecule has 0 amide bonds. The molecule has 0 spiro atoms. The summed E-state index contributed by atoms with van der Waals surface area (Å²) >= 11 is 0. The number of rotatable bonds is 7. The van der Waals surface area contributed by atoms with Crippen LogP contribution < -0.4 is 10.2 Å². The summed E-state index contributed by atoms with van der Waals surface area (Å²) in [6.45, 7) is -1.22. The average Bonchev–Trinajstić information content (AvgIpc) is 2.97. The minimum atomic E-state index is -1.89. The Balaban J connectivity index is 1.39. The van der Waals surface area contributed by atoms with Crippen LogP contribution in [0.15, 0.2) is 45.6 Å². The maximum atomic E-state index is 13.5. The van der Waals surface area contributed by atoms with Crippen LogP contribution in [-0.2, 0) is 14.2 Å². The minimum Gasteiger partial charge on any atom is -0.508 e. The van der Waals surface area contributed by atoms with Crippen LogP contribution in [0, 0.1) is 0 Å². The van der Waals surface area contributed by atoms with Gasteiger partial charge in [0.05, 0.1) is 6.61 Å². The molecule has 2 fully saturated rings. The molecule has 0 radical (unpaired) electrons. The molecule has 10 atom stereocenters. The van der Waals surface area contributed by atoms with Gasteiger partial charge in [0.25, 0.3) is 0 Å². The second-order valence-corrected chi connectivity index (χ2v) is 10.2. The molecule has 0 bridgehead atoms. The number of aliphatic hydroxyl groups is 7. The van der Waals surface area contributed by atoms with Crippen LogP contribution in [0.2, 0.25) is 0 Å². The molecule has 43 heavy (non-hydrogen) atoms. The average molecular weight is 611 g/mol. The summed E-state index contributed by atoms with van der Waals surface area (Å²) in [6, 6.07) is 7.46. The summed E-state index contributed by atoms with van der Waals surface area (Å²) in [5.41, 5.74) is -0.796. The number of hydrogen-bond donors (Lipinski definition) is 10. The Morgan fingerprint density at radius 3 is 2.00 bits per heavy atom. The zero-order valence-corrected chi connectivity index (χ0v) is 22.1. The lowest BCUT2D eigenvalue weighted by atomic mass is 9.95. The smallest absolute Gasteiger partial charge is 0.239 e. The summed E-state index contributed by atoms with van der Waals surface area (Å²) in [4.78, 5) is 13.5. The van der Waals surface area contributed by atoms with Crippen LogP contribution in [0.3, 0.4) is 0 Å². The number of phenols is 3. The van der Waals surface area contributed by atoms with E-state index in [-0.39, 0.29) is 33.8 Å². The standard InChI is InChI=1S/C27H30O16/c28-10-3-1-9(2-4-10)24-25(19(33)16-12(30)5-11(29)6-13(16)42-24)39-7-14-17(31)20(34)18(32)15(41-14)8-40-27-23(37)21(35)22(36)26(38)43-27/h1-6,14-15,17-18,20-23,26-32,34-38H,7-8H2/t14-,15?,17?,18-,20+,21-,22+,23?,26?,27+/m0/s1. The van der Waals surface area contributed by atoms with E-state index >= 15 is 0 Å². The molecule has 0 aliphatic carbocycles. The van der Waals surface area contributed by atoms with E-state index in [9.17, 15) is 55.9 Å². The molecule has 1 aromatic heterocycles. The van der Waals surface area contributed by atoms with Crippen molar-refractivity contribution in [3.63, 3.8) is 0 Å². The van der Waals surface area contributed by atoms with Crippen molar-refractivity contribution in [1.82, 2.24) is 0 Å². The zero-order valence-electron chi connectivity index (χ0n) is 22.1. The third kappa shape index (κ3) is 5.98. The van der Waals surface area contributed by atoms with Gasteiger partial charge in [-0.1, -0.05) is 0 Å². The molecule has 234 valence electrons. The highest BCUT2D eigenvalue weighted by molar-refractivity contribution is 5.88. The number of hydrogen-bond acceptors (Lipinski definition) is 16. The first-order valence-electron chi connectivity index (χ1n) is 13.0. The van der Waals surface area contributed by atoms with E-state index in [1.165, 1.54) is 24.3 Å². The van der Waals surface area contributed by atoms with E-state index in [0.29, 0.717) is 0 Å². The fourth-order valence-corrected chi connectivity index (χ4v) is 4.83. The third-order valence-electron chi connectivity index (χ3n) is 7.22. The quantitative estimate of drug-likeness (QED) is 0.133. The van der Waals surface area contributed by atoms with Crippen molar-refractivity contribution in [2.75, 3.05) is 13.2 Å². The molecular weight excluding hydrogens is 580 g/mol. The summed E-state index contributed by atoms with van der Waals surface area (Å²) < 4.78 is 27.4. The zero-order chi connectivity index (χ0) is 31.2. The molecule has 3 aromatic rings. The number of benzene rings is 2. The van der Waals surface area contributed by atoms with Crippen LogP contribution in [0.4, 0.5) is 0 Å². The second kappa shape index (κ2) is 12.2. The van der Waals surface area contributed by atoms with Crippen molar-refractivity contribution in [2.24, 2.45) is 0 Å². The minimum absolute atomic E-state index is 0.0875. The molecule has 2 saturated heterocycles. The van der Waals surface area contributed by atoms with Crippen molar-refractivity contribution >= 4 is 11.0 Å². The molecule has 10 N–H and O–H groups in total. The number of ether oxygens (including phenoxy) is 4. The first kappa shape index (κ1) is 30.9. The number of aliphatic hydroxyl groups excluding tert-OH is 7. The first-order valence-corrected chi connectivity index (χ1v) is 13.0. The molecule has 4 unspecified atom stereocenters. The molecular formula is C27H30O16. The lowest BCUT2D eigenvalue weighted by Crippen LogP contribution is -2.61. The van der Waals surface area contributed by atoms with Gasteiger partial charge in [-0.15, -0.1) is 0 Å². The van der Waals surface area contributed by atoms with E-state index in [4.69, 9.17) is 23.4 Å². The van der Waals surface area contributed by atoms with Gasteiger partial charge in [-0.05, 0) is 24.3 Å². The highest BCUT2D eigenvalue weighted by Gasteiger charge is 2.47.